The minimum absolute atomic E-state index is 0.397. The lowest BCUT2D eigenvalue weighted by Crippen LogP contribution is -1.97. The highest BCUT2D eigenvalue weighted by Gasteiger charge is 2.13. The van der Waals surface area contributed by atoms with Crippen LogP contribution in [-0.2, 0) is 10.4 Å². The fourth-order valence-corrected chi connectivity index (χ4v) is 3.26. The smallest absolute Gasteiger partial charge is 0.394 e. The van der Waals surface area contributed by atoms with Crippen LogP contribution in [0.25, 0.3) is 21.7 Å². The number of nitrogen functional groups attached to an aromatic ring is 1. The molecule has 0 saturated heterocycles. The van der Waals surface area contributed by atoms with Gasteiger partial charge in [-0.05, 0) is 30.3 Å². The molecule has 0 fully saturated rings. The molecule has 4 aromatic rings. The number of hydrogen-bond donors (Lipinski definition) is 3. The third-order valence-corrected chi connectivity index (χ3v) is 4.37. The molecule has 11 heteroatoms. The van der Waals surface area contributed by atoms with Crippen molar-refractivity contribution < 1.29 is 21.9 Å². The molecule has 0 aliphatic carbocycles. The molecule has 28 heavy (non-hydrogen) atoms. The maximum Gasteiger partial charge on any atom is 0.394 e. The standard InChI is InChI=1S/C17H11N3O2S.H2O4S/c18-10-5-7-11(8-6-10)19-20-16-15-13(9-23-16)12-3-1-2-4-14(12)22-17(15)21;1-5(2,3)4/h1-9H,18H2;(H2,1,2,3,4). The lowest BCUT2D eigenvalue weighted by molar-refractivity contribution is 0.381. The van der Waals surface area contributed by atoms with Crippen molar-refractivity contribution in [3.05, 3.63) is 64.3 Å². The molecule has 2 aromatic carbocycles. The van der Waals surface area contributed by atoms with Gasteiger partial charge in [0.1, 0.15) is 11.0 Å². The highest BCUT2D eigenvalue weighted by atomic mass is 32.3. The second kappa shape index (κ2) is 7.86. The fourth-order valence-electron chi connectivity index (χ4n) is 2.39. The van der Waals surface area contributed by atoms with E-state index in [1.807, 2.05) is 23.6 Å². The first-order valence-corrected chi connectivity index (χ1v) is 9.90. The summed E-state index contributed by atoms with van der Waals surface area (Å²) in [6.45, 7) is 0. The van der Waals surface area contributed by atoms with Gasteiger partial charge >= 0.3 is 16.0 Å². The summed E-state index contributed by atoms with van der Waals surface area (Å²) >= 11 is 1.37. The number of azo groups is 1. The molecule has 2 aromatic heterocycles. The molecule has 0 spiro atoms. The number of fused-ring (bicyclic) bond motifs is 3. The summed E-state index contributed by atoms with van der Waals surface area (Å²) in [6.07, 6.45) is 0. The highest BCUT2D eigenvalue weighted by molar-refractivity contribution is 7.79. The van der Waals surface area contributed by atoms with Crippen LogP contribution in [0.3, 0.4) is 0 Å². The average Bonchev–Trinajstić information content (AvgIpc) is 3.05. The number of anilines is 1. The van der Waals surface area contributed by atoms with E-state index in [0.29, 0.717) is 27.3 Å². The van der Waals surface area contributed by atoms with E-state index in [4.69, 9.17) is 27.7 Å². The normalized spacial score (nSPS) is 11.6. The van der Waals surface area contributed by atoms with E-state index in [1.165, 1.54) is 11.3 Å². The molecule has 0 bridgehead atoms. The Hall–Kier alpha value is -3.12. The molecule has 0 unspecified atom stereocenters. The Kier molecular flexibility index (Phi) is 5.51. The number of hydrogen-bond acceptors (Lipinski definition) is 8. The minimum atomic E-state index is -4.67. The van der Waals surface area contributed by atoms with E-state index in [2.05, 4.69) is 10.2 Å². The van der Waals surface area contributed by atoms with E-state index >= 15 is 0 Å². The Balaban J connectivity index is 0.000000403. The van der Waals surface area contributed by atoms with Gasteiger partial charge in [0, 0.05) is 21.8 Å². The fraction of sp³-hybridized carbons (Fsp3) is 0. The lowest BCUT2D eigenvalue weighted by Gasteiger charge is -1.97. The largest absolute Gasteiger partial charge is 0.422 e. The van der Waals surface area contributed by atoms with Gasteiger partial charge in [0.15, 0.2) is 5.00 Å². The predicted octanol–water partition coefficient (Wildman–Crippen LogP) is 4.35. The monoisotopic (exact) mass is 419 g/mol. The molecule has 4 N–H and O–H groups in total. The summed E-state index contributed by atoms with van der Waals surface area (Å²) in [7, 11) is -4.67. The third-order valence-electron chi connectivity index (χ3n) is 3.51. The van der Waals surface area contributed by atoms with Crippen LogP contribution in [-0.4, -0.2) is 17.5 Å². The Morgan fingerprint density at radius 2 is 1.61 bits per heavy atom. The zero-order valence-electron chi connectivity index (χ0n) is 14.0. The first-order valence-electron chi connectivity index (χ1n) is 7.62. The Morgan fingerprint density at radius 3 is 2.29 bits per heavy atom. The van der Waals surface area contributed by atoms with Gasteiger partial charge in [-0.15, -0.1) is 21.6 Å². The van der Waals surface area contributed by atoms with Crippen molar-refractivity contribution in [1.29, 1.82) is 0 Å². The minimum Gasteiger partial charge on any atom is -0.422 e. The number of nitrogens with two attached hydrogens (primary N) is 1. The zero-order valence-corrected chi connectivity index (χ0v) is 15.6. The molecular weight excluding hydrogens is 406 g/mol. The molecule has 2 heterocycles. The first kappa shape index (κ1) is 19.6. The van der Waals surface area contributed by atoms with Gasteiger partial charge in [0.05, 0.1) is 5.69 Å². The number of nitrogens with zero attached hydrogens (tertiary/aromatic N) is 2. The summed E-state index contributed by atoms with van der Waals surface area (Å²) < 4.78 is 37.0. The maximum absolute atomic E-state index is 12.3. The van der Waals surface area contributed by atoms with Crippen LogP contribution in [0.15, 0.2) is 73.4 Å². The number of rotatable bonds is 2. The summed E-state index contributed by atoms with van der Waals surface area (Å²) in [5.74, 6) is 0. The number of thiophene rings is 1. The topological polar surface area (TPSA) is 156 Å². The van der Waals surface area contributed by atoms with Gasteiger partial charge < -0.3 is 10.2 Å². The number of benzene rings is 2. The van der Waals surface area contributed by atoms with Crippen molar-refractivity contribution in [3.8, 4) is 0 Å². The Labute approximate surface area is 162 Å². The summed E-state index contributed by atoms with van der Waals surface area (Å²) in [5, 5.41) is 13.0. The average molecular weight is 419 g/mol. The molecule has 4 rings (SSSR count). The van der Waals surface area contributed by atoms with Gasteiger partial charge in [0.2, 0.25) is 0 Å². The van der Waals surface area contributed by atoms with Crippen LogP contribution in [0.5, 0.6) is 0 Å². The van der Waals surface area contributed by atoms with Crippen LogP contribution >= 0.6 is 11.3 Å². The second-order valence-corrected chi connectivity index (χ2v) is 7.21. The predicted molar refractivity (Wildman–Crippen MR) is 107 cm³/mol. The van der Waals surface area contributed by atoms with Crippen LogP contribution in [0.2, 0.25) is 0 Å². The summed E-state index contributed by atoms with van der Waals surface area (Å²) in [6, 6.07) is 14.5. The van der Waals surface area contributed by atoms with Gasteiger partial charge in [0.25, 0.3) is 0 Å². The lowest BCUT2D eigenvalue weighted by atomic mass is 10.1. The van der Waals surface area contributed by atoms with E-state index in [9.17, 15) is 4.79 Å². The van der Waals surface area contributed by atoms with Gasteiger partial charge in [-0.2, -0.15) is 8.42 Å². The molecule has 0 aliphatic rings. The van der Waals surface area contributed by atoms with E-state index < -0.39 is 16.0 Å². The molecule has 144 valence electrons. The molecule has 0 saturated carbocycles. The maximum atomic E-state index is 12.3. The summed E-state index contributed by atoms with van der Waals surface area (Å²) in [4.78, 5) is 12.3. The number of para-hydroxylation sites is 1. The Morgan fingerprint density at radius 1 is 0.964 bits per heavy atom. The third kappa shape index (κ3) is 4.78. The van der Waals surface area contributed by atoms with Gasteiger partial charge in [-0.25, -0.2) is 4.79 Å². The van der Waals surface area contributed by atoms with Gasteiger partial charge in [-0.1, -0.05) is 18.2 Å². The quantitative estimate of drug-likeness (QED) is 0.189. The van der Waals surface area contributed by atoms with Crippen molar-refractivity contribution in [2.45, 2.75) is 0 Å². The van der Waals surface area contributed by atoms with Crippen LogP contribution in [0, 0.1) is 0 Å². The van der Waals surface area contributed by atoms with Crippen molar-refractivity contribution in [3.63, 3.8) is 0 Å². The van der Waals surface area contributed by atoms with Gasteiger partial charge in [-0.3, -0.25) is 9.11 Å². The van der Waals surface area contributed by atoms with E-state index in [0.717, 1.165) is 10.8 Å². The first-order chi connectivity index (χ1) is 13.2. The second-order valence-electron chi connectivity index (χ2n) is 5.45. The van der Waals surface area contributed by atoms with Crippen molar-refractivity contribution in [2.24, 2.45) is 10.2 Å². The Bertz CT molecular complexity index is 1320. The molecule has 0 atom stereocenters. The van der Waals surface area contributed by atoms with Crippen molar-refractivity contribution in [1.82, 2.24) is 0 Å². The van der Waals surface area contributed by atoms with Crippen LogP contribution in [0.4, 0.5) is 16.4 Å². The zero-order chi connectivity index (χ0) is 20.3. The van der Waals surface area contributed by atoms with Crippen molar-refractivity contribution in [2.75, 3.05) is 5.73 Å². The van der Waals surface area contributed by atoms with Crippen LogP contribution < -0.4 is 11.4 Å². The molecule has 0 aliphatic heterocycles. The molecule has 0 radical (unpaired) electrons. The molecular formula is C17H13N3O6S2. The van der Waals surface area contributed by atoms with Crippen LogP contribution in [0.1, 0.15) is 0 Å². The van der Waals surface area contributed by atoms with E-state index in [-0.39, 0.29) is 0 Å². The molecule has 0 amide bonds. The van der Waals surface area contributed by atoms with Crippen molar-refractivity contribution >= 4 is 59.9 Å². The summed E-state index contributed by atoms with van der Waals surface area (Å²) in [5.41, 5.74) is 7.15. The molecule has 9 nitrogen and oxygen atoms in total. The highest BCUT2D eigenvalue weighted by Crippen LogP contribution is 2.36. The SMILES string of the molecule is Nc1ccc(N=Nc2scc3c2c(=O)oc2ccccc23)cc1.O=S(=O)(O)O. The van der Waals surface area contributed by atoms with E-state index in [1.54, 1.807) is 30.3 Å².